The summed E-state index contributed by atoms with van der Waals surface area (Å²) in [7, 11) is 0. The number of nitrogens with zero attached hydrogens (tertiary/aromatic N) is 5. The van der Waals surface area contributed by atoms with Crippen molar-refractivity contribution in [1.29, 1.82) is 0 Å². The molecule has 0 saturated carbocycles. The number of amides is 3. The molecule has 0 radical (unpaired) electrons. The van der Waals surface area contributed by atoms with Crippen LogP contribution in [0.2, 0.25) is 0 Å². The number of carbonyl (C=O) groups excluding carboxylic acids is 3. The van der Waals surface area contributed by atoms with Crippen LogP contribution in [0.1, 0.15) is 81.0 Å². The molecule has 5 heterocycles. The van der Waals surface area contributed by atoms with Crippen LogP contribution in [0.5, 0.6) is 5.75 Å². The van der Waals surface area contributed by atoms with Crippen molar-refractivity contribution in [3.05, 3.63) is 71.7 Å². The first-order chi connectivity index (χ1) is 21.4. The van der Waals surface area contributed by atoms with E-state index < -0.39 is 0 Å². The number of pyridine rings is 1. The van der Waals surface area contributed by atoms with Gasteiger partial charge in [0.15, 0.2) is 0 Å². The summed E-state index contributed by atoms with van der Waals surface area (Å²) in [5.74, 6) is 1.36. The zero-order chi connectivity index (χ0) is 31.1. The van der Waals surface area contributed by atoms with E-state index in [2.05, 4.69) is 32.4 Å². The predicted molar refractivity (Wildman–Crippen MR) is 168 cm³/mol. The second kappa shape index (κ2) is 14.5. The molecule has 6 rings (SSSR count). The molecule has 234 valence electrons. The van der Waals surface area contributed by atoms with Crippen LogP contribution in [0, 0.1) is 12.8 Å². The smallest absolute Gasteiger partial charge is 0.234 e. The maximum Gasteiger partial charge on any atom is 0.234 e. The van der Waals surface area contributed by atoms with Gasteiger partial charge in [0.25, 0.3) is 0 Å². The molecule has 3 aliphatic heterocycles. The molecule has 0 aliphatic carbocycles. The standard InChI is InChI=1S/C32H38N6O4.C2H6/c1-22-2-8-29(33-18-22)36-14-10-25(11-15-36)32(41)37-16-12-26(13-17-37)38-20-23(19-34-38)21-42-27-5-3-24(4-6-27)28-7-9-30(39)35-31(28)40;1-2/h2-6,8,18-20,25-26,28H,7,9-17,21H2,1H3,(H,35,39,40);1-2H3. The van der Waals surface area contributed by atoms with Crippen molar-refractivity contribution in [2.45, 2.75) is 77.9 Å². The first kappa shape index (κ1) is 31.2. The van der Waals surface area contributed by atoms with Crippen LogP contribution < -0.4 is 15.0 Å². The number of ether oxygens (including phenoxy) is 1. The van der Waals surface area contributed by atoms with E-state index in [0.717, 1.165) is 74.4 Å². The summed E-state index contributed by atoms with van der Waals surface area (Å²) in [6.07, 6.45) is 10.2. The van der Waals surface area contributed by atoms with Gasteiger partial charge in [-0.25, -0.2) is 4.98 Å². The Balaban J connectivity index is 0.00000188. The van der Waals surface area contributed by atoms with Crippen LogP contribution in [-0.4, -0.2) is 63.6 Å². The first-order valence-corrected chi connectivity index (χ1v) is 16.0. The minimum absolute atomic E-state index is 0.0924. The topological polar surface area (TPSA) is 110 Å². The highest BCUT2D eigenvalue weighted by atomic mass is 16.5. The van der Waals surface area contributed by atoms with Crippen LogP contribution in [0.3, 0.4) is 0 Å². The van der Waals surface area contributed by atoms with Gasteiger partial charge in [-0.1, -0.05) is 32.0 Å². The van der Waals surface area contributed by atoms with Crippen molar-refractivity contribution in [1.82, 2.24) is 25.0 Å². The fourth-order valence-electron chi connectivity index (χ4n) is 6.24. The molecule has 3 amide bonds. The number of carbonyl (C=O) groups is 3. The Kier molecular flexibility index (Phi) is 10.3. The molecule has 3 aliphatic rings. The molecular formula is C34H44N6O4. The summed E-state index contributed by atoms with van der Waals surface area (Å²) in [5, 5.41) is 7.00. The number of anilines is 1. The highest BCUT2D eigenvalue weighted by Crippen LogP contribution is 2.29. The minimum Gasteiger partial charge on any atom is -0.489 e. The molecule has 10 heteroatoms. The van der Waals surface area contributed by atoms with Gasteiger partial charge >= 0.3 is 0 Å². The van der Waals surface area contributed by atoms with Crippen molar-refractivity contribution in [3.63, 3.8) is 0 Å². The zero-order valence-corrected chi connectivity index (χ0v) is 26.1. The van der Waals surface area contributed by atoms with E-state index >= 15 is 0 Å². The molecule has 1 unspecified atom stereocenters. The lowest BCUT2D eigenvalue weighted by Gasteiger charge is -2.37. The number of nitrogens with one attached hydrogen (secondary N) is 1. The summed E-state index contributed by atoms with van der Waals surface area (Å²) in [4.78, 5) is 45.7. The minimum atomic E-state index is -0.300. The summed E-state index contributed by atoms with van der Waals surface area (Å²) in [6, 6.07) is 11.9. The normalized spacial score (nSPS) is 19.7. The lowest BCUT2D eigenvalue weighted by atomic mass is 9.90. The van der Waals surface area contributed by atoms with E-state index in [-0.39, 0.29) is 29.7 Å². The molecule has 3 aromatic rings. The number of hydrogen-bond donors (Lipinski definition) is 1. The average molecular weight is 601 g/mol. The molecule has 0 spiro atoms. The van der Waals surface area contributed by atoms with Gasteiger partial charge in [0.1, 0.15) is 18.2 Å². The quantitative estimate of drug-likeness (QED) is 0.388. The molecule has 1 aromatic carbocycles. The third-order valence-corrected chi connectivity index (χ3v) is 8.80. The van der Waals surface area contributed by atoms with Crippen molar-refractivity contribution in [2.24, 2.45) is 5.92 Å². The Bertz CT molecular complexity index is 1400. The number of likely N-dealkylation sites (tertiary alicyclic amines) is 1. The summed E-state index contributed by atoms with van der Waals surface area (Å²) >= 11 is 0. The van der Waals surface area contributed by atoms with Gasteiger partial charge in [0.2, 0.25) is 17.7 Å². The number of aromatic nitrogens is 3. The molecule has 1 N–H and O–H groups in total. The molecule has 44 heavy (non-hydrogen) atoms. The van der Waals surface area contributed by atoms with Crippen molar-refractivity contribution in [3.8, 4) is 5.75 Å². The summed E-state index contributed by atoms with van der Waals surface area (Å²) in [5.41, 5.74) is 3.02. The number of piperidine rings is 3. The Hall–Kier alpha value is -4.21. The van der Waals surface area contributed by atoms with Gasteiger partial charge in [-0.3, -0.25) is 24.4 Å². The number of rotatable bonds is 7. The fraction of sp³-hybridized carbons (Fsp3) is 0.500. The number of benzene rings is 1. The Labute approximate surface area is 259 Å². The van der Waals surface area contributed by atoms with Crippen molar-refractivity contribution < 1.29 is 19.1 Å². The molecule has 10 nitrogen and oxygen atoms in total. The second-order valence-corrected chi connectivity index (χ2v) is 11.7. The molecule has 2 aromatic heterocycles. The third-order valence-electron chi connectivity index (χ3n) is 8.80. The van der Waals surface area contributed by atoms with Crippen molar-refractivity contribution >= 4 is 23.5 Å². The molecule has 3 fully saturated rings. The predicted octanol–water partition coefficient (Wildman–Crippen LogP) is 4.79. The van der Waals surface area contributed by atoms with Gasteiger partial charge in [-0.2, -0.15) is 5.10 Å². The number of hydrogen-bond acceptors (Lipinski definition) is 7. The van der Waals surface area contributed by atoms with Crippen LogP contribution in [0.15, 0.2) is 55.0 Å². The number of imide groups is 1. The zero-order valence-electron chi connectivity index (χ0n) is 26.1. The van der Waals surface area contributed by atoms with Crippen molar-refractivity contribution in [2.75, 3.05) is 31.1 Å². The van der Waals surface area contributed by atoms with E-state index in [1.807, 2.05) is 73.2 Å². The molecular weight excluding hydrogens is 556 g/mol. The molecule has 0 bridgehead atoms. The van der Waals surface area contributed by atoms with Gasteiger partial charge < -0.3 is 14.5 Å². The monoisotopic (exact) mass is 600 g/mol. The van der Waals surface area contributed by atoms with E-state index in [0.29, 0.717) is 31.1 Å². The third kappa shape index (κ3) is 7.46. The second-order valence-electron chi connectivity index (χ2n) is 11.7. The number of aryl methyl sites for hydroxylation is 1. The highest BCUT2D eigenvalue weighted by Gasteiger charge is 2.32. The van der Waals surface area contributed by atoms with Crippen LogP contribution >= 0.6 is 0 Å². The van der Waals surface area contributed by atoms with E-state index in [1.165, 1.54) is 0 Å². The highest BCUT2D eigenvalue weighted by molar-refractivity contribution is 6.00. The van der Waals surface area contributed by atoms with Crippen LogP contribution in [0.25, 0.3) is 0 Å². The van der Waals surface area contributed by atoms with Crippen LogP contribution in [-0.2, 0) is 21.0 Å². The van der Waals surface area contributed by atoms with E-state index in [1.54, 1.807) is 0 Å². The maximum absolute atomic E-state index is 13.3. The average Bonchev–Trinajstić information content (AvgIpc) is 3.54. The Morgan fingerprint density at radius 1 is 0.932 bits per heavy atom. The molecule has 3 saturated heterocycles. The van der Waals surface area contributed by atoms with Crippen LogP contribution in [0.4, 0.5) is 5.82 Å². The first-order valence-electron chi connectivity index (χ1n) is 16.0. The largest absolute Gasteiger partial charge is 0.489 e. The van der Waals surface area contributed by atoms with Gasteiger partial charge in [-0.05, 0) is 68.4 Å². The maximum atomic E-state index is 13.3. The van der Waals surface area contributed by atoms with Gasteiger partial charge in [0, 0.05) is 56.5 Å². The summed E-state index contributed by atoms with van der Waals surface area (Å²) in [6.45, 7) is 9.69. The van der Waals surface area contributed by atoms with Gasteiger partial charge in [-0.15, -0.1) is 0 Å². The lowest BCUT2D eigenvalue weighted by Crippen LogP contribution is -2.45. The van der Waals surface area contributed by atoms with Gasteiger partial charge in [0.05, 0.1) is 18.2 Å². The van der Waals surface area contributed by atoms with E-state index in [4.69, 9.17) is 4.74 Å². The van der Waals surface area contributed by atoms with E-state index in [9.17, 15) is 14.4 Å². The molecule has 1 atom stereocenters. The Morgan fingerprint density at radius 3 is 2.32 bits per heavy atom. The summed E-state index contributed by atoms with van der Waals surface area (Å²) < 4.78 is 7.98. The lowest BCUT2D eigenvalue weighted by molar-refractivity contribution is -0.137. The Morgan fingerprint density at radius 2 is 1.66 bits per heavy atom. The SMILES string of the molecule is CC.Cc1ccc(N2CCC(C(=O)N3CCC(n4cc(COc5ccc(C6CCC(=O)NC6=O)cc5)cn4)CC3)CC2)nc1. The fourth-order valence-corrected chi connectivity index (χ4v) is 6.24.